The van der Waals surface area contributed by atoms with Crippen molar-refractivity contribution in [3.63, 3.8) is 0 Å². The average molecular weight is 540 g/mol. The fourth-order valence-electron chi connectivity index (χ4n) is 5.76. The normalized spacial score (nSPS) is 18.7. The number of carbonyl (C=O) groups is 2. The van der Waals surface area contributed by atoms with Crippen molar-refractivity contribution >= 4 is 17.5 Å². The molecule has 1 aliphatic carbocycles. The molecule has 2 aromatic heterocycles. The van der Waals surface area contributed by atoms with Gasteiger partial charge < -0.3 is 24.3 Å². The van der Waals surface area contributed by atoms with Crippen LogP contribution in [0.5, 0.6) is 11.5 Å². The molecule has 1 amide bonds. The zero-order valence-electron chi connectivity index (χ0n) is 22.3. The fourth-order valence-corrected chi connectivity index (χ4v) is 5.76. The van der Waals surface area contributed by atoms with E-state index in [4.69, 9.17) is 14.6 Å². The molecule has 4 aromatic rings. The van der Waals surface area contributed by atoms with Crippen LogP contribution < -0.4 is 14.8 Å². The standard InChI is InChI=1S/C32H33N3O5/c36-31(37)17-21-2-5-23(6-3-21)24-7-9-25(10-8-24)26-11-13-30-34-27(20-35(30)19-26)32(38)33-18-22-4-12-28-29(16-22)40-15-1-14-39-28/h4,7-13,16,19-21,23H,1-3,5-6,14-15,17-18H2,(H,33,38)(H,36,37)/t21-,23-. The molecule has 8 heteroatoms. The Morgan fingerprint density at radius 3 is 2.42 bits per heavy atom. The molecular formula is C32H33N3O5. The number of imidazole rings is 1. The summed E-state index contributed by atoms with van der Waals surface area (Å²) in [4.78, 5) is 28.4. The van der Waals surface area contributed by atoms with E-state index in [2.05, 4.69) is 34.6 Å². The molecule has 1 saturated carbocycles. The lowest BCUT2D eigenvalue weighted by Crippen LogP contribution is -2.23. The zero-order chi connectivity index (χ0) is 27.5. The summed E-state index contributed by atoms with van der Waals surface area (Å²) in [5.74, 6) is 1.31. The van der Waals surface area contributed by atoms with Crippen LogP contribution in [0.3, 0.4) is 0 Å². The molecule has 0 spiro atoms. The van der Waals surface area contributed by atoms with Gasteiger partial charge in [0.15, 0.2) is 11.5 Å². The molecule has 206 valence electrons. The maximum absolute atomic E-state index is 12.9. The third-order valence-corrected chi connectivity index (χ3v) is 7.97. The van der Waals surface area contributed by atoms with E-state index in [-0.39, 0.29) is 12.3 Å². The minimum atomic E-state index is -0.692. The van der Waals surface area contributed by atoms with Gasteiger partial charge in [-0.3, -0.25) is 9.59 Å². The fraction of sp³-hybridized carbons (Fsp3) is 0.344. The van der Waals surface area contributed by atoms with Crippen LogP contribution in [0.1, 0.15) is 66.1 Å². The van der Waals surface area contributed by atoms with E-state index < -0.39 is 5.97 Å². The van der Waals surface area contributed by atoms with E-state index in [0.717, 1.165) is 54.5 Å². The van der Waals surface area contributed by atoms with Crippen molar-refractivity contribution in [1.29, 1.82) is 0 Å². The van der Waals surface area contributed by atoms with E-state index >= 15 is 0 Å². The molecule has 8 nitrogen and oxygen atoms in total. The van der Waals surface area contributed by atoms with Crippen LogP contribution >= 0.6 is 0 Å². The van der Waals surface area contributed by atoms with E-state index in [1.54, 1.807) is 6.20 Å². The number of hydrogen-bond donors (Lipinski definition) is 2. The summed E-state index contributed by atoms with van der Waals surface area (Å²) in [6, 6.07) is 18.3. The van der Waals surface area contributed by atoms with Crippen LogP contribution in [0.15, 0.2) is 67.0 Å². The summed E-state index contributed by atoms with van der Waals surface area (Å²) in [6.07, 6.45) is 8.91. The molecule has 3 heterocycles. The number of carbonyl (C=O) groups excluding carboxylic acids is 1. The van der Waals surface area contributed by atoms with Crippen LogP contribution in [0, 0.1) is 5.92 Å². The number of aromatic nitrogens is 2. The van der Waals surface area contributed by atoms with Crippen LogP contribution in [0.4, 0.5) is 0 Å². The maximum Gasteiger partial charge on any atom is 0.303 e. The Hall–Kier alpha value is -4.33. The number of aliphatic carboxylic acids is 1. The highest BCUT2D eigenvalue weighted by molar-refractivity contribution is 5.92. The molecular weight excluding hydrogens is 506 g/mol. The Kier molecular flexibility index (Phi) is 7.40. The highest BCUT2D eigenvalue weighted by Crippen LogP contribution is 2.37. The molecule has 0 radical (unpaired) electrons. The first-order valence-electron chi connectivity index (χ1n) is 14.0. The largest absolute Gasteiger partial charge is 0.490 e. The lowest BCUT2D eigenvalue weighted by Gasteiger charge is -2.28. The van der Waals surface area contributed by atoms with Crippen molar-refractivity contribution in [3.8, 4) is 22.6 Å². The van der Waals surface area contributed by atoms with Gasteiger partial charge >= 0.3 is 5.97 Å². The second-order valence-electron chi connectivity index (χ2n) is 10.8. The van der Waals surface area contributed by atoms with E-state index in [1.165, 1.54) is 5.56 Å². The Bertz CT molecular complexity index is 1520. The lowest BCUT2D eigenvalue weighted by molar-refractivity contribution is -0.138. The van der Waals surface area contributed by atoms with Crippen LogP contribution in [0.25, 0.3) is 16.8 Å². The van der Waals surface area contributed by atoms with Gasteiger partial charge in [-0.25, -0.2) is 4.98 Å². The van der Waals surface area contributed by atoms with E-state index in [1.807, 2.05) is 40.9 Å². The Labute approximate surface area is 233 Å². The minimum absolute atomic E-state index is 0.236. The second-order valence-corrected chi connectivity index (χ2v) is 10.8. The summed E-state index contributed by atoms with van der Waals surface area (Å²) in [6.45, 7) is 1.62. The molecule has 2 aliphatic rings. The summed E-state index contributed by atoms with van der Waals surface area (Å²) < 4.78 is 13.3. The first kappa shape index (κ1) is 25.9. The van der Waals surface area contributed by atoms with Crippen LogP contribution in [-0.4, -0.2) is 39.6 Å². The van der Waals surface area contributed by atoms with Crippen molar-refractivity contribution in [2.24, 2.45) is 5.92 Å². The molecule has 0 bridgehead atoms. The number of amides is 1. The third-order valence-electron chi connectivity index (χ3n) is 7.97. The van der Waals surface area contributed by atoms with Gasteiger partial charge in [-0.2, -0.15) is 0 Å². The maximum atomic E-state index is 12.9. The average Bonchev–Trinajstić information content (AvgIpc) is 3.26. The van der Waals surface area contributed by atoms with Crippen molar-refractivity contribution in [2.75, 3.05) is 13.2 Å². The van der Waals surface area contributed by atoms with Gasteiger partial charge in [0.05, 0.1) is 13.2 Å². The van der Waals surface area contributed by atoms with Crippen molar-refractivity contribution < 1.29 is 24.2 Å². The molecule has 0 unspecified atom stereocenters. The second kappa shape index (κ2) is 11.4. The number of ether oxygens (including phenoxy) is 2. The van der Waals surface area contributed by atoms with Crippen molar-refractivity contribution in [1.82, 2.24) is 14.7 Å². The van der Waals surface area contributed by atoms with Crippen LogP contribution in [0.2, 0.25) is 0 Å². The number of benzene rings is 2. The predicted molar refractivity (Wildman–Crippen MR) is 151 cm³/mol. The molecule has 0 saturated heterocycles. The zero-order valence-corrected chi connectivity index (χ0v) is 22.3. The van der Waals surface area contributed by atoms with Gasteiger partial charge in [-0.05, 0) is 84.0 Å². The van der Waals surface area contributed by atoms with Gasteiger partial charge in [0.25, 0.3) is 5.91 Å². The minimum Gasteiger partial charge on any atom is -0.490 e. The predicted octanol–water partition coefficient (Wildman–Crippen LogP) is 5.84. The number of pyridine rings is 1. The Morgan fingerprint density at radius 1 is 0.900 bits per heavy atom. The van der Waals surface area contributed by atoms with Gasteiger partial charge in [0, 0.05) is 31.8 Å². The number of nitrogens with one attached hydrogen (secondary N) is 1. The molecule has 6 rings (SSSR count). The topological polar surface area (TPSA) is 102 Å². The van der Waals surface area contributed by atoms with Gasteiger partial charge in [-0.15, -0.1) is 0 Å². The van der Waals surface area contributed by atoms with Gasteiger partial charge in [0.2, 0.25) is 0 Å². The molecule has 1 aliphatic heterocycles. The van der Waals surface area contributed by atoms with E-state index in [0.29, 0.717) is 48.7 Å². The summed E-state index contributed by atoms with van der Waals surface area (Å²) in [7, 11) is 0. The molecule has 2 N–H and O–H groups in total. The Morgan fingerprint density at radius 2 is 1.65 bits per heavy atom. The quantitative estimate of drug-likeness (QED) is 0.306. The highest BCUT2D eigenvalue weighted by Gasteiger charge is 2.24. The first-order chi connectivity index (χ1) is 19.5. The number of hydrogen-bond acceptors (Lipinski definition) is 5. The molecule has 40 heavy (non-hydrogen) atoms. The number of fused-ring (bicyclic) bond motifs is 2. The van der Waals surface area contributed by atoms with Crippen LogP contribution in [-0.2, 0) is 11.3 Å². The molecule has 0 atom stereocenters. The molecule has 2 aromatic carbocycles. The van der Waals surface area contributed by atoms with Crippen molar-refractivity contribution in [2.45, 2.75) is 51.0 Å². The molecule has 1 fully saturated rings. The number of rotatable bonds is 7. The lowest BCUT2D eigenvalue weighted by atomic mass is 9.77. The monoisotopic (exact) mass is 539 g/mol. The summed E-state index contributed by atoms with van der Waals surface area (Å²) in [5.41, 5.74) is 5.45. The highest BCUT2D eigenvalue weighted by atomic mass is 16.5. The SMILES string of the molecule is O=C(O)C[C@H]1CC[C@H](c2ccc(-c3ccc4nc(C(=O)NCc5ccc6c(c5)OCCCO6)cn4c3)cc2)CC1. The number of carboxylic acids is 1. The van der Waals surface area contributed by atoms with Gasteiger partial charge in [0.1, 0.15) is 11.3 Å². The Balaban J connectivity index is 1.09. The van der Waals surface area contributed by atoms with Crippen molar-refractivity contribution in [3.05, 3.63) is 83.8 Å². The summed E-state index contributed by atoms with van der Waals surface area (Å²) in [5, 5.41) is 12.0. The first-order valence-corrected chi connectivity index (χ1v) is 14.0. The number of carboxylic acid groups (broad SMARTS) is 1. The third kappa shape index (κ3) is 5.81. The summed E-state index contributed by atoms with van der Waals surface area (Å²) >= 11 is 0. The number of nitrogens with zero attached hydrogens (tertiary/aromatic N) is 2. The van der Waals surface area contributed by atoms with Gasteiger partial charge in [-0.1, -0.05) is 30.3 Å². The van der Waals surface area contributed by atoms with E-state index in [9.17, 15) is 9.59 Å². The smallest absolute Gasteiger partial charge is 0.303 e.